The van der Waals surface area contributed by atoms with Crippen LogP contribution in [0.15, 0.2) is 36.4 Å². The Morgan fingerprint density at radius 1 is 1.17 bits per heavy atom. The summed E-state index contributed by atoms with van der Waals surface area (Å²) in [5.74, 6) is 0.0101. The molecule has 23 heavy (non-hydrogen) atoms. The predicted molar refractivity (Wildman–Crippen MR) is 94.5 cm³/mol. The van der Waals surface area contributed by atoms with Crippen LogP contribution < -0.4 is 10.2 Å². The molecule has 1 atom stereocenters. The molecular weight excluding hydrogens is 331 g/mol. The molecular formula is C18H16Cl2N2O. The van der Waals surface area contributed by atoms with E-state index in [1.54, 1.807) is 0 Å². The number of anilines is 2. The molecule has 1 amide bonds. The van der Waals surface area contributed by atoms with Gasteiger partial charge >= 0.3 is 0 Å². The van der Waals surface area contributed by atoms with Crippen molar-refractivity contribution in [2.24, 2.45) is 0 Å². The van der Waals surface area contributed by atoms with Gasteiger partial charge in [-0.1, -0.05) is 35.3 Å². The fourth-order valence-corrected chi connectivity index (χ4v) is 4.38. The van der Waals surface area contributed by atoms with Crippen molar-refractivity contribution in [2.45, 2.75) is 31.8 Å². The van der Waals surface area contributed by atoms with Crippen LogP contribution in [0.3, 0.4) is 0 Å². The van der Waals surface area contributed by atoms with Crippen LogP contribution in [0.5, 0.6) is 0 Å². The zero-order chi connectivity index (χ0) is 16.4. The van der Waals surface area contributed by atoms with Gasteiger partial charge in [0.25, 0.3) is 5.91 Å². The highest BCUT2D eigenvalue weighted by Gasteiger charge is 2.61. The van der Waals surface area contributed by atoms with Crippen LogP contribution in [0.1, 0.15) is 25.0 Å². The highest BCUT2D eigenvalue weighted by atomic mass is 35.5. The van der Waals surface area contributed by atoms with Crippen molar-refractivity contribution in [3.63, 3.8) is 0 Å². The zero-order valence-corrected chi connectivity index (χ0v) is 14.4. The summed E-state index contributed by atoms with van der Waals surface area (Å²) in [7, 11) is 0. The van der Waals surface area contributed by atoms with E-state index in [-0.39, 0.29) is 11.9 Å². The maximum Gasteiger partial charge on any atom is 0.255 e. The second-order valence-corrected chi connectivity index (χ2v) is 7.31. The van der Waals surface area contributed by atoms with Crippen molar-refractivity contribution in [3.8, 4) is 0 Å². The summed E-state index contributed by atoms with van der Waals surface area (Å²) in [5.41, 5.74) is 3.32. The number of carbonyl (C=O) groups excluding carboxylic acids is 1. The molecule has 5 heteroatoms. The van der Waals surface area contributed by atoms with Gasteiger partial charge in [0.15, 0.2) is 5.54 Å². The van der Waals surface area contributed by atoms with E-state index in [9.17, 15) is 4.79 Å². The number of halogens is 2. The maximum atomic E-state index is 12.9. The number of hydrogen-bond donors (Lipinski definition) is 1. The number of rotatable bonds is 3. The van der Waals surface area contributed by atoms with Crippen molar-refractivity contribution in [2.75, 3.05) is 10.2 Å². The minimum atomic E-state index is -0.659. The lowest BCUT2D eigenvalue weighted by Gasteiger charge is -2.53. The number of amides is 1. The van der Waals surface area contributed by atoms with Crippen molar-refractivity contribution >= 4 is 40.5 Å². The van der Waals surface area contributed by atoms with Crippen LogP contribution in [0, 0.1) is 0 Å². The van der Waals surface area contributed by atoms with E-state index < -0.39 is 5.54 Å². The Balaban J connectivity index is 1.88. The number of hydrogen-bond acceptors (Lipinski definition) is 2. The molecule has 0 aliphatic carbocycles. The van der Waals surface area contributed by atoms with Gasteiger partial charge in [0, 0.05) is 33.8 Å². The first-order valence-electron chi connectivity index (χ1n) is 7.63. The molecule has 2 aliphatic rings. The Hall–Kier alpha value is -1.71. The molecule has 3 nitrogen and oxygen atoms in total. The molecule has 4 rings (SSSR count). The van der Waals surface area contributed by atoms with Crippen molar-refractivity contribution in [1.29, 1.82) is 0 Å². The summed E-state index contributed by atoms with van der Waals surface area (Å²) in [6.45, 7) is 4.18. The maximum absolute atomic E-state index is 12.9. The molecule has 118 valence electrons. The van der Waals surface area contributed by atoms with E-state index in [2.05, 4.69) is 24.1 Å². The molecule has 2 aromatic carbocycles. The van der Waals surface area contributed by atoms with Crippen LogP contribution in [0.4, 0.5) is 11.4 Å². The second kappa shape index (κ2) is 4.89. The van der Waals surface area contributed by atoms with Crippen LogP contribution >= 0.6 is 23.2 Å². The van der Waals surface area contributed by atoms with Crippen LogP contribution in [-0.4, -0.2) is 11.9 Å². The summed E-state index contributed by atoms with van der Waals surface area (Å²) in [4.78, 5) is 15.1. The van der Waals surface area contributed by atoms with E-state index in [0.29, 0.717) is 16.5 Å². The number of nitrogens with zero attached hydrogens (tertiary/aromatic N) is 1. The van der Waals surface area contributed by atoms with Gasteiger partial charge in [-0.15, -0.1) is 0 Å². The number of nitrogens with one attached hydrogen (secondary N) is 1. The third-order valence-electron chi connectivity index (χ3n) is 4.66. The fourth-order valence-electron chi connectivity index (χ4n) is 3.95. The monoisotopic (exact) mass is 346 g/mol. The fraction of sp³-hybridized carbons (Fsp3) is 0.278. The first-order chi connectivity index (χ1) is 10.9. The molecule has 0 fully saturated rings. The van der Waals surface area contributed by atoms with Crippen LogP contribution in [-0.2, 0) is 16.8 Å². The Bertz CT molecular complexity index is 834. The van der Waals surface area contributed by atoms with Crippen molar-refractivity contribution in [3.05, 3.63) is 57.6 Å². The largest absolute Gasteiger partial charge is 0.350 e. The van der Waals surface area contributed by atoms with Gasteiger partial charge in [0.1, 0.15) is 0 Å². The van der Waals surface area contributed by atoms with Gasteiger partial charge in [0.05, 0.1) is 5.69 Å². The van der Waals surface area contributed by atoms with Gasteiger partial charge < -0.3 is 10.2 Å². The summed E-state index contributed by atoms with van der Waals surface area (Å²) < 4.78 is 0. The second-order valence-electron chi connectivity index (χ2n) is 6.43. The Morgan fingerprint density at radius 2 is 1.96 bits per heavy atom. The van der Waals surface area contributed by atoms with Gasteiger partial charge in [-0.25, -0.2) is 0 Å². The Morgan fingerprint density at radius 3 is 2.65 bits per heavy atom. The quantitative estimate of drug-likeness (QED) is 0.879. The molecule has 2 heterocycles. The third-order valence-corrected chi connectivity index (χ3v) is 5.11. The lowest BCUT2D eigenvalue weighted by Crippen LogP contribution is -2.62. The molecule has 0 saturated carbocycles. The summed E-state index contributed by atoms with van der Waals surface area (Å²) in [6.07, 6.45) is 0.596. The molecule has 1 N–H and O–H groups in total. The van der Waals surface area contributed by atoms with Crippen LogP contribution in [0.2, 0.25) is 10.0 Å². The SMILES string of the molecule is CC(C)N1c2cc(Cl)cc3c2C1(Cc1cccc(Cl)c1)C(=O)N3. The number of benzene rings is 2. The predicted octanol–water partition coefficient (Wildman–Crippen LogP) is 4.61. The van der Waals surface area contributed by atoms with E-state index >= 15 is 0 Å². The molecule has 0 aromatic heterocycles. The highest BCUT2D eigenvalue weighted by Crippen LogP contribution is 2.59. The Kier molecular flexibility index (Phi) is 3.16. The standard InChI is InChI=1S/C18H16Cl2N2O/c1-10(2)22-15-8-13(20)7-14-16(15)18(22,17(23)21-14)9-11-4-3-5-12(19)6-11/h3-8,10H,9H2,1-2H3,(H,21,23). The molecule has 2 aliphatic heterocycles. The van der Waals surface area contributed by atoms with Gasteiger partial charge in [-0.3, -0.25) is 4.79 Å². The lowest BCUT2D eigenvalue weighted by molar-refractivity contribution is -0.121. The van der Waals surface area contributed by atoms with Gasteiger partial charge in [-0.2, -0.15) is 0 Å². The summed E-state index contributed by atoms with van der Waals surface area (Å²) >= 11 is 12.3. The van der Waals surface area contributed by atoms with E-state index in [1.165, 1.54) is 0 Å². The van der Waals surface area contributed by atoms with E-state index in [0.717, 1.165) is 22.5 Å². The van der Waals surface area contributed by atoms with Crippen molar-refractivity contribution in [1.82, 2.24) is 0 Å². The highest BCUT2D eigenvalue weighted by molar-refractivity contribution is 6.32. The first kappa shape index (κ1) is 14.9. The zero-order valence-electron chi connectivity index (χ0n) is 12.9. The average molecular weight is 347 g/mol. The van der Waals surface area contributed by atoms with Gasteiger partial charge in [0.2, 0.25) is 0 Å². The average Bonchev–Trinajstić information content (AvgIpc) is 2.67. The summed E-state index contributed by atoms with van der Waals surface area (Å²) in [5, 5.41) is 4.33. The topological polar surface area (TPSA) is 32.3 Å². The molecule has 0 radical (unpaired) electrons. The normalized spacial score (nSPS) is 21.3. The minimum absolute atomic E-state index is 0.0101. The van der Waals surface area contributed by atoms with Crippen molar-refractivity contribution < 1.29 is 4.79 Å². The van der Waals surface area contributed by atoms with E-state index in [1.807, 2.05) is 36.4 Å². The molecule has 0 spiro atoms. The third kappa shape index (κ3) is 1.93. The van der Waals surface area contributed by atoms with Crippen LogP contribution in [0.25, 0.3) is 0 Å². The van der Waals surface area contributed by atoms with E-state index in [4.69, 9.17) is 23.2 Å². The molecule has 0 saturated heterocycles. The molecule has 0 bridgehead atoms. The first-order valence-corrected chi connectivity index (χ1v) is 8.38. The molecule has 2 aromatic rings. The number of carbonyl (C=O) groups is 1. The lowest BCUT2D eigenvalue weighted by atomic mass is 9.74. The minimum Gasteiger partial charge on any atom is -0.350 e. The molecule has 1 unspecified atom stereocenters. The Labute approximate surface area is 145 Å². The summed E-state index contributed by atoms with van der Waals surface area (Å²) in [6, 6.07) is 11.7. The van der Waals surface area contributed by atoms with Gasteiger partial charge in [-0.05, 0) is 43.7 Å². The smallest absolute Gasteiger partial charge is 0.255 e.